The van der Waals surface area contributed by atoms with Crippen LogP contribution in [0.15, 0.2) is 42.0 Å². The van der Waals surface area contributed by atoms with Gasteiger partial charge < -0.3 is 9.84 Å². The highest BCUT2D eigenvalue weighted by molar-refractivity contribution is 5.21. The summed E-state index contributed by atoms with van der Waals surface area (Å²) in [5.74, 6) is 1.31. The largest absolute Gasteiger partial charge is 0.396 e. The number of rotatable bonds is 4. The quantitative estimate of drug-likeness (QED) is 0.856. The van der Waals surface area contributed by atoms with E-state index < -0.39 is 0 Å². The molecule has 0 saturated carbocycles. The van der Waals surface area contributed by atoms with Gasteiger partial charge in [-0.15, -0.1) is 0 Å². The molecule has 1 saturated heterocycles. The zero-order valence-corrected chi connectivity index (χ0v) is 14.0. The molecule has 120 valence electrons. The van der Waals surface area contributed by atoms with E-state index in [9.17, 15) is 5.11 Å². The Labute approximate surface area is 134 Å². The normalized spacial score (nSPS) is 37.7. The van der Waals surface area contributed by atoms with Crippen molar-refractivity contribution in [1.82, 2.24) is 0 Å². The summed E-state index contributed by atoms with van der Waals surface area (Å²) >= 11 is 0. The van der Waals surface area contributed by atoms with Gasteiger partial charge in [0.15, 0.2) is 0 Å². The van der Waals surface area contributed by atoms with Crippen LogP contribution in [0.1, 0.15) is 32.8 Å². The lowest BCUT2D eigenvalue weighted by Crippen LogP contribution is -2.56. The van der Waals surface area contributed by atoms with Crippen LogP contribution in [0.3, 0.4) is 0 Å². The highest BCUT2D eigenvalue weighted by atomic mass is 16.5. The lowest BCUT2D eigenvalue weighted by atomic mass is 9.56. The highest BCUT2D eigenvalue weighted by Crippen LogP contribution is 2.52. The Balaban J connectivity index is 1.77. The van der Waals surface area contributed by atoms with Crippen LogP contribution in [0.5, 0.6) is 0 Å². The first-order valence-electron chi connectivity index (χ1n) is 8.53. The average Bonchev–Trinajstić information content (AvgIpc) is 2.52. The molecule has 1 fully saturated rings. The third-order valence-electron chi connectivity index (χ3n) is 6.21. The molecule has 0 spiro atoms. The predicted octanol–water partition coefficient (Wildman–Crippen LogP) is 3.85. The lowest BCUT2D eigenvalue weighted by molar-refractivity contribution is -0.164. The molecule has 2 bridgehead atoms. The van der Waals surface area contributed by atoms with Crippen LogP contribution in [-0.2, 0) is 11.2 Å². The molecule has 1 heterocycles. The standard InChI is InChI=1S/C20H28O2/c1-14-11-15(2)20(12-21)13-22-18(19(14)16(20)3)10-9-17-7-5-4-6-8-17/h4-8,11,15-16,18-19,21H,9-10,12-13H2,1-3H3/t15-,16-,18+,19-,20+/m0/s1. The van der Waals surface area contributed by atoms with E-state index in [-0.39, 0.29) is 18.1 Å². The van der Waals surface area contributed by atoms with Gasteiger partial charge in [-0.2, -0.15) is 0 Å². The fourth-order valence-corrected chi connectivity index (χ4v) is 4.63. The molecule has 0 unspecified atom stereocenters. The van der Waals surface area contributed by atoms with Crippen molar-refractivity contribution in [1.29, 1.82) is 0 Å². The monoisotopic (exact) mass is 300 g/mol. The van der Waals surface area contributed by atoms with Crippen molar-refractivity contribution in [2.24, 2.45) is 23.2 Å². The summed E-state index contributed by atoms with van der Waals surface area (Å²) in [5.41, 5.74) is 2.73. The van der Waals surface area contributed by atoms with Gasteiger partial charge in [0, 0.05) is 11.3 Å². The first-order valence-corrected chi connectivity index (χ1v) is 8.53. The molecule has 22 heavy (non-hydrogen) atoms. The summed E-state index contributed by atoms with van der Waals surface area (Å²) in [6.45, 7) is 7.68. The van der Waals surface area contributed by atoms with E-state index in [4.69, 9.17) is 4.74 Å². The molecule has 1 aromatic carbocycles. The number of aliphatic hydroxyl groups is 1. The van der Waals surface area contributed by atoms with Gasteiger partial charge >= 0.3 is 0 Å². The predicted molar refractivity (Wildman–Crippen MR) is 89.6 cm³/mol. The molecule has 2 nitrogen and oxygen atoms in total. The summed E-state index contributed by atoms with van der Waals surface area (Å²) in [4.78, 5) is 0. The zero-order valence-electron chi connectivity index (χ0n) is 14.0. The summed E-state index contributed by atoms with van der Waals surface area (Å²) in [6, 6.07) is 10.6. The third kappa shape index (κ3) is 2.53. The zero-order chi connectivity index (χ0) is 15.7. The maximum atomic E-state index is 10.0. The molecule has 5 atom stereocenters. The average molecular weight is 300 g/mol. The second-order valence-electron chi connectivity index (χ2n) is 7.28. The van der Waals surface area contributed by atoms with Crippen molar-refractivity contribution < 1.29 is 9.84 Å². The van der Waals surface area contributed by atoms with Crippen LogP contribution in [0, 0.1) is 23.2 Å². The Hall–Kier alpha value is -1.12. The highest BCUT2D eigenvalue weighted by Gasteiger charge is 2.52. The van der Waals surface area contributed by atoms with Crippen molar-refractivity contribution in [3.63, 3.8) is 0 Å². The van der Waals surface area contributed by atoms with Crippen LogP contribution in [0.25, 0.3) is 0 Å². The molecule has 2 aliphatic rings. The van der Waals surface area contributed by atoms with Gasteiger partial charge in [-0.3, -0.25) is 0 Å². The molecule has 0 amide bonds. The molecule has 0 aromatic heterocycles. The van der Waals surface area contributed by atoms with Crippen molar-refractivity contribution >= 4 is 0 Å². The fourth-order valence-electron chi connectivity index (χ4n) is 4.63. The van der Waals surface area contributed by atoms with E-state index in [0.29, 0.717) is 24.4 Å². The van der Waals surface area contributed by atoms with E-state index in [0.717, 1.165) is 12.8 Å². The van der Waals surface area contributed by atoms with E-state index >= 15 is 0 Å². The van der Waals surface area contributed by atoms with Crippen molar-refractivity contribution in [3.8, 4) is 0 Å². The van der Waals surface area contributed by atoms with E-state index in [2.05, 4.69) is 57.2 Å². The Bertz CT molecular complexity index is 536. The number of fused-ring (bicyclic) bond motifs is 2. The van der Waals surface area contributed by atoms with E-state index in [1.165, 1.54) is 11.1 Å². The van der Waals surface area contributed by atoms with Gasteiger partial charge in [-0.1, -0.05) is 55.8 Å². The minimum atomic E-state index is -0.0899. The van der Waals surface area contributed by atoms with Gasteiger partial charge in [0.05, 0.1) is 19.3 Å². The van der Waals surface area contributed by atoms with Gasteiger partial charge in [-0.25, -0.2) is 0 Å². The van der Waals surface area contributed by atoms with Gasteiger partial charge in [0.2, 0.25) is 0 Å². The third-order valence-corrected chi connectivity index (χ3v) is 6.21. The van der Waals surface area contributed by atoms with Gasteiger partial charge in [0.1, 0.15) is 0 Å². The lowest BCUT2D eigenvalue weighted by Gasteiger charge is -2.55. The minimum Gasteiger partial charge on any atom is -0.396 e. The number of hydrogen-bond donors (Lipinski definition) is 1. The Morgan fingerprint density at radius 1 is 1.23 bits per heavy atom. The molecular weight excluding hydrogens is 272 g/mol. The molecule has 1 aromatic rings. The first kappa shape index (κ1) is 15.8. The summed E-state index contributed by atoms with van der Waals surface area (Å²) < 4.78 is 6.27. The SMILES string of the molecule is CC1=C[C@H](C)[C@@]2(CO)CO[C@H](CCc3ccccc3)[C@@H]1[C@@H]2C. The Morgan fingerprint density at radius 2 is 1.95 bits per heavy atom. The number of ether oxygens (including phenoxy) is 1. The van der Waals surface area contributed by atoms with E-state index in [1.807, 2.05) is 0 Å². The number of aryl methyl sites for hydroxylation is 1. The minimum absolute atomic E-state index is 0.0899. The second kappa shape index (κ2) is 6.17. The van der Waals surface area contributed by atoms with Crippen LogP contribution in [0.2, 0.25) is 0 Å². The number of hydrogen-bond acceptors (Lipinski definition) is 2. The smallest absolute Gasteiger partial charge is 0.0646 e. The van der Waals surface area contributed by atoms with Crippen LogP contribution < -0.4 is 0 Å². The van der Waals surface area contributed by atoms with Gasteiger partial charge in [-0.05, 0) is 37.2 Å². The van der Waals surface area contributed by atoms with Gasteiger partial charge in [0.25, 0.3) is 0 Å². The molecule has 3 rings (SSSR count). The van der Waals surface area contributed by atoms with Crippen LogP contribution in [-0.4, -0.2) is 24.4 Å². The Morgan fingerprint density at radius 3 is 2.64 bits per heavy atom. The number of allylic oxidation sites excluding steroid dienone is 1. The second-order valence-corrected chi connectivity index (χ2v) is 7.28. The molecule has 0 radical (unpaired) electrons. The van der Waals surface area contributed by atoms with Crippen molar-refractivity contribution in [2.45, 2.75) is 39.7 Å². The fraction of sp³-hybridized carbons (Fsp3) is 0.600. The number of aliphatic hydroxyl groups excluding tert-OH is 1. The molecular formula is C20H28O2. The van der Waals surface area contributed by atoms with Crippen molar-refractivity contribution in [2.75, 3.05) is 13.2 Å². The van der Waals surface area contributed by atoms with Crippen LogP contribution in [0.4, 0.5) is 0 Å². The maximum Gasteiger partial charge on any atom is 0.0646 e. The van der Waals surface area contributed by atoms with E-state index in [1.54, 1.807) is 0 Å². The molecule has 2 heteroatoms. The summed E-state index contributed by atoms with van der Waals surface area (Å²) in [6.07, 6.45) is 4.77. The topological polar surface area (TPSA) is 29.5 Å². The molecule has 1 aliphatic heterocycles. The summed E-state index contributed by atoms with van der Waals surface area (Å²) in [5, 5.41) is 10.0. The summed E-state index contributed by atoms with van der Waals surface area (Å²) in [7, 11) is 0. The van der Waals surface area contributed by atoms with Crippen LogP contribution >= 0.6 is 0 Å². The van der Waals surface area contributed by atoms with Crippen molar-refractivity contribution in [3.05, 3.63) is 47.5 Å². The first-order chi connectivity index (χ1) is 10.6. The molecule has 1 aliphatic carbocycles. The Kier molecular flexibility index (Phi) is 4.42. The molecule has 1 N–H and O–H groups in total. The number of benzene rings is 1. The maximum absolute atomic E-state index is 10.0.